The first-order valence-corrected chi connectivity index (χ1v) is 5.86. The Kier molecular flexibility index (Phi) is 4.72. The van der Waals surface area contributed by atoms with Crippen LogP contribution < -0.4 is 0 Å². The van der Waals surface area contributed by atoms with Crippen LogP contribution in [0.4, 0.5) is 0 Å². The van der Waals surface area contributed by atoms with Crippen molar-refractivity contribution in [3.8, 4) is 6.07 Å². The molecule has 82 valence electrons. The van der Waals surface area contributed by atoms with Crippen molar-refractivity contribution < 1.29 is 4.79 Å². The van der Waals surface area contributed by atoms with Crippen LogP contribution in [-0.4, -0.2) is 5.78 Å². The summed E-state index contributed by atoms with van der Waals surface area (Å²) in [6.07, 6.45) is 0.273. The van der Waals surface area contributed by atoms with Crippen LogP contribution >= 0.6 is 27.5 Å². The molecule has 2 nitrogen and oxygen atoms in total. The number of hydrogen-bond donors (Lipinski definition) is 0. The molecule has 0 aromatic heterocycles. The van der Waals surface area contributed by atoms with E-state index >= 15 is 0 Å². The lowest BCUT2D eigenvalue weighted by atomic mass is 10.1. The highest BCUT2D eigenvalue weighted by Gasteiger charge is 2.13. The monoisotopic (exact) mass is 297 g/mol. The Bertz CT molecular complexity index is 471. The molecule has 16 heavy (non-hydrogen) atoms. The topological polar surface area (TPSA) is 40.9 Å². The third kappa shape index (κ3) is 2.94. The van der Waals surface area contributed by atoms with E-state index in [9.17, 15) is 4.79 Å². The number of allylic oxidation sites excluding steroid dienone is 1. The van der Waals surface area contributed by atoms with Gasteiger partial charge < -0.3 is 0 Å². The predicted molar refractivity (Wildman–Crippen MR) is 67.8 cm³/mol. The minimum atomic E-state index is -0.240. The first kappa shape index (κ1) is 13.0. The van der Waals surface area contributed by atoms with E-state index in [1.54, 1.807) is 19.1 Å². The summed E-state index contributed by atoms with van der Waals surface area (Å²) < 4.78 is 0.918. The summed E-state index contributed by atoms with van der Waals surface area (Å²) in [5.74, 6) is -0.240. The second-order valence-electron chi connectivity index (χ2n) is 3.08. The number of ketones is 1. The molecule has 0 aliphatic carbocycles. The van der Waals surface area contributed by atoms with Gasteiger partial charge in [0, 0.05) is 10.9 Å². The number of rotatable bonds is 3. The highest BCUT2D eigenvalue weighted by Crippen LogP contribution is 2.25. The van der Waals surface area contributed by atoms with Gasteiger partial charge in [-0.05, 0) is 17.7 Å². The second-order valence-corrected chi connectivity index (χ2v) is 4.38. The fraction of sp³-hybridized carbons (Fsp3) is 0.167. The van der Waals surface area contributed by atoms with Crippen LogP contribution in [0.5, 0.6) is 0 Å². The van der Waals surface area contributed by atoms with Crippen LogP contribution in [0.2, 0.25) is 0 Å². The Balaban J connectivity index is 3.21. The number of hydrogen-bond acceptors (Lipinski definition) is 2. The van der Waals surface area contributed by atoms with E-state index in [4.69, 9.17) is 16.9 Å². The minimum absolute atomic E-state index is 0.0199. The fourth-order valence-electron chi connectivity index (χ4n) is 1.15. The Labute approximate surface area is 108 Å². The third-order valence-electron chi connectivity index (χ3n) is 2.03. The number of carbonyl (C=O) groups is 1. The van der Waals surface area contributed by atoms with Crippen molar-refractivity contribution >= 4 is 38.3 Å². The molecule has 0 unspecified atom stereocenters. The van der Waals surface area contributed by atoms with Gasteiger partial charge in [0.1, 0.15) is 11.6 Å². The van der Waals surface area contributed by atoms with Gasteiger partial charge >= 0.3 is 0 Å². The summed E-state index contributed by atoms with van der Waals surface area (Å²) in [5, 5.41) is 9.10. The minimum Gasteiger partial charge on any atom is -0.293 e. The molecule has 4 heteroatoms. The van der Waals surface area contributed by atoms with Gasteiger partial charge in [0.15, 0.2) is 5.78 Å². The number of Topliss-reactive ketones (excluding diaryl/α,β-unsaturated/α-hetero) is 1. The van der Waals surface area contributed by atoms with Gasteiger partial charge in [-0.3, -0.25) is 4.79 Å². The molecule has 0 bridgehead atoms. The average molecular weight is 299 g/mol. The normalized spacial score (nSPS) is 11.6. The Morgan fingerprint density at radius 2 is 2.00 bits per heavy atom. The van der Waals surface area contributed by atoms with Crippen LogP contribution in [0.15, 0.2) is 34.3 Å². The summed E-state index contributed by atoms with van der Waals surface area (Å²) >= 11 is 9.32. The van der Waals surface area contributed by atoms with Crippen molar-refractivity contribution in [2.45, 2.75) is 13.3 Å². The zero-order valence-electron chi connectivity index (χ0n) is 8.63. The number of halogens is 2. The lowest BCUT2D eigenvalue weighted by Gasteiger charge is -2.02. The molecule has 0 N–H and O–H groups in total. The van der Waals surface area contributed by atoms with Crippen molar-refractivity contribution in [1.29, 1.82) is 5.26 Å². The first-order valence-electron chi connectivity index (χ1n) is 4.69. The number of nitrogens with zero attached hydrogens (tertiary/aromatic N) is 1. The molecule has 0 aliphatic heterocycles. The van der Waals surface area contributed by atoms with Crippen LogP contribution in [0, 0.1) is 11.3 Å². The molecule has 0 spiro atoms. The van der Waals surface area contributed by atoms with E-state index in [-0.39, 0.29) is 22.8 Å². The summed E-state index contributed by atoms with van der Waals surface area (Å²) in [5.41, 5.74) is 0.690. The van der Waals surface area contributed by atoms with Crippen LogP contribution in [0.25, 0.3) is 5.03 Å². The van der Waals surface area contributed by atoms with Crippen molar-refractivity contribution in [3.05, 3.63) is 39.9 Å². The lowest BCUT2D eigenvalue weighted by Crippen LogP contribution is -2.00. The molecule has 0 saturated heterocycles. The van der Waals surface area contributed by atoms with E-state index in [0.717, 1.165) is 4.47 Å². The molecule has 1 aromatic rings. The van der Waals surface area contributed by atoms with Crippen LogP contribution in [0.1, 0.15) is 18.9 Å². The van der Waals surface area contributed by atoms with E-state index in [0.29, 0.717) is 5.56 Å². The first-order chi connectivity index (χ1) is 7.60. The highest BCUT2D eigenvalue weighted by atomic mass is 79.9. The van der Waals surface area contributed by atoms with Gasteiger partial charge in [0.05, 0.1) is 5.03 Å². The lowest BCUT2D eigenvalue weighted by molar-refractivity contribution is -0.114. The van der Waals surface area contributed by atoms with Gasteiger partial charge in [0.2, 0.25) is 0 Å². The molecule has 0 fully saturated rings. The molecule has 1 aromatic carbocycles. The zero-order valence-corrected chi connectivity index (χ0v) is 11.0. The predicted octanol–water partition coefficient (Wildman–Crippen LogP) is 3.90. The van der Waals surface area contributed by atoms with Crippen LogP contribution in [0.3, 0.4) is 0 Å². The maximum Gasteiger partial charge on any atom is 0.174 e. The van der Waals surface area contributed by atoms with Gasteiger partial charge in [-0.2, -0.15) is 5.26 Å². The number of nitriles is 1. The largest absolute Gasteiger partial charge is 0.293 e. The maximum absolute atomic E-state index is 11.5. The van der Waals surface area contributed by atoms with E-state index in [1.165, 1.54) is 0 Å². The summed E-state index contributed by atoms with van der Waals surface area (Å²) in [6, 6.07) is 8.98. The van der Waals surface area contributed by atoms with Gasteiger partial charge in [-0.15, -0.1) is 0 Å². The summed E-state index contributed by atoms with van der Waals surface area (Å²) in [4.78, 5) is 11.5. The fourth-order valence-corrected chi connectivity index (χ4v) is 1.69. The number of benzene rings is 1. The molecular formula is C12H9BrClNO. The number of carbonyl (C=O) groups excluding carboxylic acids is 1. The Hall–Kier alpha value is -1.11. The van der Waals surface area contributed by atoms with Crippen molar-refractivity contribution in [2.75, 3.05) is 0 Å². The van der Waals surface area contributed by atoms with E-state index in [1.807, 2.05) is 18.2 Å². The smallest absolute Gasteiger partial charge is 0.174 e. The van der Waals surface area contributed by atoms with Crippen molar-refractivity contribution in [3.63, 3.8) is 0 Å². The quantitative estimate of drug-likeness (QED) is 0.627. The third-order valence-corrected chi connectivity index (χ3v) is 2.96. The van der Waals surface area contributed by atoms with Crippen molar-refractivity contribution in [2.24, 2.45) is 0 Å². The maximum atomic E-state index is 11.5. The molecule has 1 rings (SSSR count). The standard InChI is InChI=1S/C12H9BrClNO/c1-2-11(16)10(7-15)12(14)8-3-5-9(13)6-4-8/h3-6H,2H2,1H3/b12-10+. The van der Waals surface area contributed by atoms with Gasteiger partial charge in [0.25, 0.3) is 0 Å². The zero-order chi connectivity index (χ0) is 12.1. The SMILES string of the molecule is CCC(=O)/C(C#N)=C(/Cl)c1ccc(Br)cc1. The van der Waals surface area contributed by atoms with E-state index in [2.05, 4.69) is 15.9 Å². The average Bonchev–Trinajstić information content (AvgIpc) is 2.30. The highest BCUT2D eigenvalue weighted by molar-refractivity contribution is 9.10. The van der Waals surface area contributed by atoms with Crippen LogP contribution in [-0.2, 0) is 4.79 Å². The Morgan fingerprint density at radius 1 is 1.44 bits per heavy atom. The molecule has 0 saturated carbocycles. The molecule has 0 heterocycles. The van der Waals surface area contributed by atoms with Crippen molar-refractivity contribution in [1.82, 2.24) is 0 Å². The molecule has 0 aliphatic rings. The molecule has 0 atom stereocenters. The van der Waals surface area contributed by atoms with Gasteiger partial charge in [-0.1, -0.05) is 46.6 Å². The van der Waals surface area contributed by atoms with Gasteiger partial charge in [-0.25, -0.2) is 0 Å². The second kappa shape index (κ2) is 5.83. The molecule has 0 radical (unpaired) electrons. The summed E-state index contributed by atoms with van der Waals surface area (Å²) in [7, 11) is 0. The van der Waals surface area contributed by atoms with E-state index < -0.39 is 0 Å². The Morgan fingerprint density at radius 3 is 2.44 bits per heavy atom. The molecule has 0 amide bonds. The molecular weight excluding hydrogens is 289 g/mol. The summed E-state index contributed by atoms with van der Waals surface area (Å²) in [6.45, 7) is 1.70.